The molecule has 2 aromatic carbocycles. The third-order valence-electron chi connectivity index (χ3n) is 6.21. The number of halogens is 1. The fraction of sp³-hybridized carbons (Fsp3) is 0.296. The summed E-state index contributed by atoms with van der Waals surface area (Å²) in [5, 5.41) is 15.2. The van der Waals surface area contributed by atoms with Gasteiger partial charge in [-0.05, 0) is 66.9 Å². The number of carbonyl (C=O) groups excluding carboxylic acids is 2. The van der Waals surface area contributed by atoms with Gasteiger partial charge in [0.1, 0.15) is 24.2 Å². The molecule has 2 atom stereocenters. The first-order valence-corrected chi connectivity index (χ1v) is 12.3. The van der Waals surface area contributed by atoms with Crippen LogP contribution in [0.25, 0.3) is 11.6 Å². The van der Waals surface area contributed by atoms with E-state index >= 15 is 0 Å². The predicted octanol–water partition coefficient (Wildman–Crippen LogP) is 3.45. The van der Waals surface area contributed by atoms with Crippen LogP contribution in [0.15, 0.2) is 71.1 Å². The lowest BCUT2D eigenvalue weighted by molar-refractivity contribution is -0.127. The number of hydrogen-bond acceptors (Lipinski definition) is 7. The zero-order valence-electron chi connectivity index (χ0n) is 20.8. The number of tetrazole rings is 1. The third kappa shape index (κ3) is 5.78. The Labute approximate surface area is 218 Å². The summed E-state index contributed by atoms with van der Waals surface area (Å²) in [6, 6.07) is 16.8. The number of hydrogen-bond donors (Lipinski definition) is 1. The van der Waals surface area contributed by atoms with Gasteiger partial charge < -0.3 is 14.5 Å². The molecule has 0 radical (unpaired) electrons. The van der Waals surface area contributed by atoms with E-state index in [1.807, 2.05) is 6.07 Å². The molecule has 1 fully saturated rings. The fourth-order valence-electron chi connectivity index (χ4n) is 4.37. The molecule has 0 aliphatic carbocycles. The van der Waals surface area contributed by atoms with Crippen molar-refractivity contribution in [1.29, 1.82) is 0 Å². The molecule has 1 aliphatic heterocycles. The first kappa shape index (κ1) is 25.3. The van der Waals surface area contributed by atoms with Crippen LogP contribution in [-0.2, 0) is 20.9 Å². The third-order valence-corrected chi connectivity index (χ3v) is 6.21. The monoisotopic (exact) mass is 518 g/mol. The van der Waals surface area contributed by atoms with Gasteiger partial charge in [-0.1, -0.05) is 30.3 Å². The van der Waals surface area contributed by atoms with Crippen molar-refractivity contribution in [3.63, 3.8) is 0 Å². The first-order valence-electron chi connectivity index (χ1n) is 12.3. The Morgan fingerprint density at radius 3 is 2.61 bits per heavy atom. The predicted molar refractivity (Wildman–Crippen MR) is 135 cm³/mol. The van der Waals surface area contributed by atoms with E-state index in [1.54, 1.807) is 43.3 Å². The van der Waals surface area contributed by atoms with Gasteiger partial charge in [0.2, 0.25) is 11.7 Å². The summed E-state index contributed by atoms with van der Waals surface area (Å²) < 4.78 is 25.0. The summed E-state index contributed by atoms with van der Waals surface area (Å²) in [4.78, 5) is 30.0. The van der Waals surface area contributed by atoms with Crippen LogP contribution in [0.3, 0.4) is 0 Å². The van der Waals surface area contributed by atoms with Crippen molar-refractivity contribution in [2.75, 3.05) is 18.1 Å². The molecule has 0 unspecified atom stereocenters. The molecule has 4 aromatic rings. The standard InChI is InChI=1S/C27H27FN6O4/c1-18-9-14-23(38-18)26-30-32-33(31-26)17-24(35)34(21-6-3-2-4-7-21)25(19-10-12-20(28)13-11-19)27(36)29-16-22-8-5-15-37-22/h2-4,6-7,9-14,22,25H,5,8,15-17H2,1H3,(H,29,36)/t22-,25+/m0/s1. The van der Waals surface area contributed by atoms with E-state index in [0.29, 0.717) is 35.9 Å². The fourth-order valence-corrected chi connectivity index (χ4v) is 4.37. The molecule has 3 heterocycles. The number of nitrogens with one attached hydrogen (secondary N) is 1. The van der Waals surface area contributed by atoms with Crippen molar-refractivity contribution in [3.05, 3.63) is 83.9 Å². The number of para-hydroxylation sites is 1. The van der Waals surface area contributed by atoms with Crippen LogP contribution in [0, 0.1) is 12.7 Å². The van der Waals surface area contributed by atoms with Gasteiger partial charge in [0.05, 0.1) is 6.10 Å². The lowest BCUT2D eigenvalue weighted by Gasteiger charge is -2.31. The van der Waals surface area contributed by atoms with Crippen molar-refractivity contribution >= 4 is 17.5 Å². The summed E-state index contributed by atoms with van der Waals surface area (Å²) >= 11 is 0. The van der Waals surface area contributed by atoms with E-state index in [4.69, 9.17) is 9.15 Å². The van der Waals surface area contributed by atoms with Crippen molar-refractivity contribution in [2.45, 2.75) is 38.5 Å². The Hall–Kier alpha value is -4.38. The molecular weight excluding hydrogens is 491 g/mol. The van der Waals surface area contributed by atoms with E-state index < -0.39 is 23.7 Å². The Morgan fingerprint density at radius 2 is 1.92 bits per heavy atom. The maximum atomic E-state index is 13.8. The second kappa shape index (κ2) is 11.3. The summed E-state index contributed by atoms with van der Waals surface area (Å²) in [5.41, 5.74) is 0.938. The van der Waals surface area contributed by atoms with Gasteiger partial charge in [-0.15, -0.1) is 10.2 Å². The van der Waals surface area contributed by atoms with Gasteiger partial charge in [0.15, 0.2) is 5.76 Å². The van der Waals surface area contributed by atoms with Crippen LogP contribution >= 0.6 is 0 Å². The zero-order chi connectivity index (χ0) is 26.5. The van der Waals surface area contributed by atoms with Crippen LogP contribution in [0.1, 0.15) is 30.2 Å². The Bertz CT molecular complexity index is 1380. The van der Waals surface area contributed by atoms with Crippen LogP contribution in [0.4, 0.5) is 10.1 Å². The van der Waals surface area contributed by atoms with E-state index in [0.717, 1.165) is 17.6 Å². The molecule has 0 spiro atoms. The quantitative estimate of drug-likeness (QED) is 0.361. The molecule has 0 bridgehead atoms. The molecule has 196 valence electrons. The number of nitrogens with zero attached hydrogens (tertiary/aromatic N) is 5. The number of aromatic nitrogens is 4. The highest BCUT2D eigenvalue weighted by molar-refractivity contribution is 6.01. The average molecular weight is 519 g/mol. The van der Waals surface area contributed by atoms with Gasteiger partial charge >= 0.3 is 0 Å². The van der Waals surface area contributed by atoms with Crippen LogP contribution in [0.5, 0.6) is 0 Å². The molecule has 2 amide bonds. The molecule has 1 aliphatic rings. The topological polar surface area (TPSA) is 115 Å². The number of rotatable bonds is 9. The number of anilines is 1. The molecule has 11 heteroatoms. The normalized spacial score (nSPS) is 15.8. The van der Waals surface area contributed by atoms with Gasteiger partial charge in [-0.25, -0.2) is 4.39 Å². The summed E-state index contributed by atoms with van der Waals surface area (Å²) in [6.07, 6.45) is 1.69. The average Bonchev–Trinajstić information content (AvgIpc) is 3.70. The lowest BCUT2D eigenvalue weighted by atomic mass is 10.0. The molecule has 38 heavy (non-hydrogen) atoms. The number of furan rings is 1. The molecule has 5 rings (SSSR count). The molecule has 0 saturated carbocycles. The Balaban J connectivity index is 1.46. The van der Waals surface area contributed by atoms with Crippen molar-refractivity contribution in [2.24, 2.45) is 0 Å². The van der Waals surface area contributed by atoms with Gasteiger partial charge in [-0.3, -0.25) is 14.5 Å². The largest absolute Gasteiger partial charge is 0.458 e. The highest BCUT2D eigenvalue weighted by atomic mass is 19.1. The van der Waals surface area contributed by atoms with Crippen LogP contribution in [-0.4, -0.2) is 51.3 Å². The van der Waals surface area contributed by atoms with Crippen molar-refractivity contribution in [1.82, 2.24) is 25.5 Å². The smallest absolute Gasteiger partial charge is 0.251 e. The van der Waals surface area contributed by atoms with Crippen LogP contribution in [0.2, 0.25) is 0 Å². The highest BCUT2D eigenvalue weighted by Gasteiger charge is 2.34. The minimum absolute atomic E-state index is 0.0864. The van der Waals surface area contributed by atoms with E-state index in [2.05, 4.69) is 20.7 Å². The van der Waals surface area contributed by atoms with E-state index in [-0.39, 0.29) is 18.5 Å². The second-order valence-corrected chi connectivity index (χ2v) is 8.99. The molecule has 1 saturated heterocycles. The van der Waals surface area contributed by atoms with Gasteiger partial charge in [0, 0.05) is 18.8 Å². The van der Waals surface area contributed by atoms with Crippen molar-refractivity contribution in [3.8, 4) is 11.6 Å². The number of benzene rings is 2. The highest BCUT2D eigenvalue weighted by Crippen LogP contribution is 2.29. The van der Waals surface area contributed by atoms with Crippen molar-refractivity contribution < 1.29 is 23.1 Å². The van der Waals surface area contributed by atoms with E-state index in [1.165, 1.54) is 29.2 Å². The molecule has 2 aromatic heterocycles. The lowest BCUT2D eigenvalue weighted by Crippen LogP contribution is -2.46. The SMILES string of the molecule is Cc1ccc(-c2nnn(CC(=O)N(c3ccccc3)[C@@H](C(=O)NC[C@@H]3CCCO3)c3ccc(F)cc3)n2)o1. The van der Waals surface area contributed by atoms with E-state index in [9.17, 15) is 14.0 Å². The minimum Gasteiger partial charge on any atom is -0.458 e. The number of amides is 2. The summed E-state index contributed by atoms with van der Waals surface area (Å²) in [6.45, 7) is 2.47. The maximum absolute atomic E-state index is 13.8. The second-order valence-electron chi connectivity index (χ2n) is 8.99. The maximum Gasteiger partial charge on any atom is 0.251 e. The van der Waals surface area contributed by atoms with Crippen LogP contribution < -0.4 is 10.2 Å². The van der Waals surface area contributed by atoms with Gasteiger partial charge in [-0.2, -0.15) is 4.80 Å². The number of ether oxygens (including phenoxy) is 1. The first-order chi connectivity index (χ1) is 18.5. The molecule has 1 N–H and O–H groups in total. The Morgan fingerprint density at radius 1 is 1.13 bits per heavy atom. The summed E-state index contributed by atoms with van der Waals surface area (Å²) in [7, 11) is 0. The zero-order valence-corrected chi connectivity index (χ0v) is 20.8. The molecular formula is C27H27FN6O4. The number of carbonyl (C=O) groups is 2. The minimum atomic E-state index is -1.08. The Kier molecular flexibility index (Phi) is 7.55. The number of aryl methyl sites for hydroxylation is 1. The molecule has 10 nitrogen and oxygen atoms in total. The van der Waals surface area contributed by atoms with Gasteiger partial charge in [0.25, 0.3) is 5.91 Å². The summed E-state index contributed by atoms with van der Waals surface area (Å²) in [5.74, 6) is 0.0385.